The molecule has 1 fully saturated rings. The molecule has 2 aliphatic heterocycles. The third kappa shape index (κ3) is 1.30. The molecule has 6 rings (SSSR count). The van der Waals surface area contributed by atoms with Crippen molar-refractivity contribution in [3.05, 3.63) is 60.7 Å². The molecular formula is C20H14O6. The summed E-state index contributed by atoms with van der Waals surface area (Å²) < 4.78 is 18.3. The number of carbonyl (C=O) groups excluding carboxylic acids is 1. The maximum Gasteiger partial charge on any atom is 0.307 e. The maximum absolute atomic E-state index is 12.6. The summed E-state index contributed by atoms with van der Waals surface area (Å²) in [7, 11) is 0. The maximum atomic E-state index is 12.6. The van der Waals surface area contributed by atoms with Crippen molar-refractivity contribution in [2.24, 2.45) is 0 Å². The summed E-state index contributed by atoms with van der Waals surface area (Å²) in [6.07, 6.45) is 3.19. The Bertz CT molecular complexity index is 1010. The van der Waals surface area contributed by atoms with Crippen LogP contribution in [0.1, 0.15) is 0 Å². The van der Waals surface area contributed by atoms with E-state index in [9.17, 15) is 15.0 Å². The number of rotatable bonds is 0. The van der Waals surface area contributed by atoms with Crippen LogP contribution < -0.4 is 9.47 Å². The number of epoxide rings is 1. The van der Waals surface area contributed by atoms with Crippen LogP contribution in [0.3, 0.4) is 0 Å². The van der Waals surface area contributed by atoms with Gasteiger partial charge in [0.15, 0.2) is 5.78 Å². The van der Waals surface area contributed by atoms with Crippen LogP contribution in [-0.4, -0.2) is 45.2 Å². The van der Waals surface area contributed by atoms with E-state index in [0.717, 1.165) is 10.8 Å². The van der Waals surface area contributed by atoms with Gasteiger partial charge in [0.05, 0.1) is 5.39 Å². The molecule has 4 atom stereocenters. The van der Waals surface area contributed by atoms with Crippen LogP contribution in [0, 0.1) is 0 Å². The summed E-state index contributed by atoms with van der Waals surface area (Å²) in [4.78, 5) is 12.6. The molecule has 2 heterocycles. The molecule has 2 aromatic carbocycles. The fraction of sp³-hybridized carbons (Fsp3) is 0.250. The van der Waals surface area contributed by atoms with Gasteiger partial charge in [0.25, 0.3) is 0 Å². The second-order valence-electron chi connectivity index (χ2n) is 7.03. The van der Waals surface area contributed by atoms with Gasteiger partial charge in [-0.25, -0.2) is 0 Å². The van der Waals surface area contributed by atoms with E-state index in [1.165, 1.54) is 24.3 Å². The predicted octanol–water partition coefficient (Wildman–Crippen LogP) is 1.25. The van der Waals surface area contributed by atoms with Gasteiger partial charge in [0, 0.05) is 6.08 Å². The van der Waals surface area contributed by atoms with Crippen molar-refractivity contribution in [3.8, 4) is 11.5 Å². The Morgan fingerprint density at radius 3 is 2.27 bits per heavy atom. The highest BCUT2D eigenvalue weighted by molar-refractivity contribution is 6.04. The summed E-state index contributed by atoms with van der Waals surface area (Å²) >= 11 is 0. The normalized spacial score (nSPS) is 37.7. The van der Waals surface area contributed by atoms with Crippen LogP contribution in [0.4, 0.5) is 0 Å². The van der Waals surface area contributed by atoms with Gasteiger partial charge in [-0.3, -0.25) is 4.79 Å². The summed E-state index contributed by atoms with van der Waals surface area (Å²) in [5, 5.41) is 23.0. The molecule has 0 bridgehead atoms. The lowest BCUT2D eigenvalue weighted by Crippen LogP contribution is -2.68. The molecule has 4 unspecified atom stereocenters. The Morgan fingerprint density at radius 1 is 0.923 bits per heavy atom. The van der Waals surface area contributed by atoms with Gasteiger partial charge in [-0.2, -0.15) is 0 Å². The molecule has 26 heavy (non-hydrogen) atoms. The van der Waals surface area contributed by atoms with Gasteiger partial charge < -0.3 is 24.4 Å². The van der Waals surface area contributed by atoms with E-state index in [0.29, 0.717) is 11.5 Å². The topological polar surface area (TPSA) is 88.5 Å². The van der Waals surface area contributed by atoms with Crippen LogP contribution in [-0.2, 0) is 9.53 Å². The molecule has 6 heteroatoms. The molecule has 0 aromatic heterocycles. The van der Waals surface area contributed by atoms with E-state index >= 15 is 0 Å². The number of carbonyl (C=O) groups is 1. The van der Waals surface area contributed by atoms with Crippen molar-refractivity contribution in [2.75, 3.05) is 0 Å². The molecule has 2 aliphatic carbocycles. The highest BCUT2D eigenvalue weighted by atomic mass is 16.8. The second kappa shape index (κ2) is 4.17. The van der Waals surface area contributed by atoms with Crippen LogP contribution in [0.15, 0.2) is 60.7 Å². The summed E-state index contributed by atoms with van der Waals surface area (Å²) in [6, 6.07) is 11.2. The first-order chi connectivity index (χ1) is 12.5. The lowest BCUT2D eigenvalue weighted by atomic mass is 9.69. The molecule has 1 saturated heterocycles. The van der Waals surface area contributed by atoms with Gasteiger partial charge >= 0.3 is 5.79 Å². The van der Waals surface area contributed by atoms with Crippen molar-refractivity contribution in [3.63, 3.8) is 0 Å². The molecule has 0 radical (unpaired) electrons. The molecule has 4 aliphatic rings. The number of hydrogen-bond acceptors (Lipinski definition) is 6. The second-order valence-corrected chi connectivity index (χ2v) is 7.03. The highest BCUT2D eigenvalue weighted by Crippen LogP contribution is 2.66. The number of hydrogen-bond donors (Lipinski definition) is 2. The fourth-order valence-corrected chi connectivity index (χ4v) is 4.63. The average molecular weight is 350 g/mol. The minimum atomic E-state index is -1.60. The monoisotopic (exact) mass is 350 g/mol. The Labute approximate surface area is 147 Å². The molecule has 0 saturated carbocycles. The van der Waals surface area contributed by atoms with Crippen molar-refractivity contribution in [2.45, 2.75) is 29.2 Å². The summed E-state index contributed by atoms with van der Waals surface area (Å²) in [5.41, 5.74) is -3.15. The number of ketones is 1. The minimum absolute atomic E-state index is 0.414. The number of aliphatic hydroxyl groups excluding tert-OH is 2. The first kappa shape index (κ1) is 14.5. The molecule has 2 aromatic rings. The van der Waals surface area contributed by atoms with Crippen molar-refractivity contribution < 1.29 is 29.2 Å². The van der Waals surface area contributed by atoms with Crippen molar-refractivity contribution in [1.29, 1.82) is 0 Å². The molecule has 1 spiro atoms. The lowest BCUT2D eigenvalue weighted by Gasteiger charge is -2.45. The summed E-state index contributed by atoms with van der Waals surface area (Å²) in [6.45, 7) is 0. The largest absolute Gasteiger partial charge is 0.445 e. The van der Waals surface area contributed by atoms with Gasteiger partial charge in [-0.1, -0.05) is 36.4 Å². The Hall–Kier alpha value is -2.67. The molecule has 6 nitrogen and oxygen atoms in total. The SMILES string of the molecule is O=C1C=CC2(Oc3cccc4cccc(c34)O2)C23OC12C(O)C=CC3O. The number of benzene rings is 2. The van der Waals surface area contributed by atoms with E-state index in [4.69, 9.17) is 14.2 Å². The Balaban J connectivity index is 1.61. The quantitative estimate of drug-likeness (QED) is 0.549. The first-order valence-electron chi connectivity index (χ1n) is 8.42. The minimum Gasteiger partial charge on any atom is -0.445 e. The van der Waals surface area contributed by atoms with Crippen LogP contribution in [0.25, 0.3) is 10.8 Å². The van der Waals surface area contributed by atoms with Gasteiger partial charge in [-0.05, 0) is 23.6 Å². The van der Waals surface area contributed by atoms with E-state index in [1.807, 2.05) is 36.4 Å². The average Bonchev–Trinajstić information content (AvgIpc) is 3.39. The first-order valence-corrected chi connectivity index (χ1v) is 8.42. The Kier molecular flexibility index (Phi) is 2.33. The van der Waals surface area contributed by atoms with Crippen molar-refractivity contribution >= 4 is 16.6 Å². The van der Waals surface area contributed by atoms with Crippen LogP contribution in [0.2, 0.25) is 0 Å². The summed E-state index contributed by atoms with van der Waals surface area (Å²) in [5.74, 6) is -0.839. The van der Waals surface area contributed by atoms with Crippen molar-refractivity contribution in [1.82, 2.24) is 0 Å². The number of aliphatic hydroxyl groups is 2. The molecular weight excluding hydrogens is 336 g/mol. The Morgan fingerprint density at radius 2 is 1.58 bits per heavy atom. The zero-order valence-electron chi connectivity index (χ0n) is 13.5. The fourth-order valence-electron chi connectivity index (χ4n) is 4.63. The van der Waals surface area contributed by atoms with Crippen LogP contribution >= 0.6 is 0 Å². The predicted molar refractivity (Wildman–Crippen MR) is 89.8 cm³/mol. The standard InChI is InChI=1S/C20H14O6/c21-14-7-8-16(23)20-18(10-9-15(22)19(14,20)26-20)24-12-5-1-3-11-4-2-6-13(25-18)17(11)12/h1-10,14,16,21,23H. The van der Waals surface area contributed by atoms with Gasteiger partial charge in [0.2, 0.25) is 11.2 Å². The van der Waals surface area contributed by atoms with E-state index < -0.39 is 35.0 Å². The van der Waals surface area contributed by atoms with E-state index in [1.54, 1.807) is 0 Å². The third-order valence-corrected chi connectivity index (χ3v) is 5.83. The molecule has 0 amide bonds. The zero-order chi connectivity index (χ0) is 17.7. The van der Waals surface area contributed by atoms with Crippen LogP contribution in [0.5, 0.6) is 11.5 Å². The van der Waals surface area contributed by atoms with E-state index in [2.05, 4.69) is 0 Å². The van der Waals surface area contributed by atoms with E-state index in [-0.39, 0.29) is 0 Å². The van der Waals surface area contributed by atoms with Gasteiger partial charge in [0.1, 0.15) is 23.7 Å². The smallest absolute Gasteiger partial charge is 0.307 e. The third-order valence-electron chi connectivity index (χ3n) is 5.83. The number of ether oxygens (including phenoxy) is 3. The lowest BCUT2D eigenvalue weighted by molar-refractivity contribution is -0.161. The highest BCUT2D eigenvalue weighted by Gasteiger charge is 2.91. The molecule has 2 N–H and O–H groups in total. The van der Waals surface area contributed by atoms with Gasteiger partial charge in [-0.15, -0.1) is 0 Å². The molecule has 130 valence electrons. The zero-order valence-corrected chi connectivity index (χ0v) is 13.5.